The molecule has 0 bridgehead atoms. The summed E-state index contributed by atoms with van der Waals surface area (Å²) in [5, 5.41) is 13.8. The van der Waals surface area contributed by atoms with Crippen molar-refractivity contribution in [3.63, 3.8) is 0 Å². The summed E-state index contributed by atoms with van der Waals surface area (Å²) in [5.41, 5.74) is 1.13. The molecule has 142 valence electrons. The average molecular weight is 403 g/mol. The predicted molar refractivity (Wildman–Crippen MR) is 102 cm³/mol. The van der Waals surface area contributed by atoms with Gasteiger partial charge in [0.15, 0.2) is 5.78 Å². The number of rotatable bonds is 5. The second-order valence-electron chi connectivity index (χ2n) is 6.03. The van der Waals surface area contributed by atoms with Crippen LogP contribution in [0.5, 0.6) is 0 Å². The van der Waals surface area contributed by atoms with Gasteiger partial charge in [-0.2, -0.15) is 0 Å². The lowest BCUT2D eigenvalue weighted by Crippen LogP contribution is -2.06. The van der Waals surface area contributed by atoms with Gasteiger partial charge in [0, 0.05) is 35.0 Å². The van der Waals surface area contributed by atoms with Gasteiger partial charge >= 0.3 is 0 Å². The van der Waals surface area contributed by atoms with Crippen LogP contribution in [0.4, 0.5) is 25.8 Å². The lowest BCUT2D eigenvalue weighted by atomic mass is 9.98. The molecule has 0 fully saturated rings. The van der Waals surface area contributed by atoms with Crippen LogP contribution >= 0.6 is 11.6 Å². The number of benzene rings is 3. The summed E-state index contributed by atoms with van der Waals surface area (Å²) < 4.78 is 26.8. The molecule has 0 aliphatic carbocycles. The molecule has 0 aromatic heterocycles. The maximum absolute atomic E-state index is 13.8. The van der Waals surface area contributed by atoms with Crippen molar-refractivity contribution in [2.45, 2.75) is 6.92 Å². The smallest absolute Gasteiger partial charge is 0.270 e. The largest absolute Gasteiger partial charge is 0.353 e. The topological polar surface area (TPSA) is 72.2 Å². The first-order valence-electron chi connectivity index (χ1n) is 8.07. The summed E-state index contributed by atoms with van der Waals surface area (Å²) in [6.45, 7) is 1.66. The molecule has 1 N–H and O–H groups in total. The molecule has 0 radical (unpaired) electrons. The van der Waals surface area contributed by atoms with Crippen LogP contribution in [0.1, 0.15) is 21.5 Å². The van der Waals surface area contributed by atoms with Crippen LogP contribution in [0.3, 0.4) is 0 Å². The van der Waals surface area contributed by atoms with Crippen molar-refractivity contribution >= 4 is 34.4 Å². The lowest BCUT2D eigenvalue weighted by Gasteiger charge is -2.11. The van der Waals surface area contributed by atoms with Crippen molar-refractivity contribution in [3.05, 3.63) is 98.1 Å². The van der Waals surface area contributed by atoms with E-state index in [-0.39, 0.29) is 27.5 Å². The highest BCUT2D eigenvalue weighted by Crippen LogP contribution is 2.28. The third-order valence-electron chi connectivity index (χ3n) is 4.10. The summed E-state index contributed by atoms with van der Waals surface area (Å²) in [4.78, 5) is 23.2. The van der Waals surface area contributed by atoms with Gasteiger partial charge in [0.2, 0.25) is 0 Å². The number of halogens is 3. The van der Waals surface area contributed by atoms with Crippen molar-refractivity contribution < 1.29 is 18.5 Å². The minimum atomic E-state index is -0.775. The van der Waals surface area contributed by atoms with E-state index in [9.17, 15) is 23.7 Å². The molecular weight excluding hydrogens is 390 g/mol. The Labute approximate surface area is 163 Å². The molecule has 0 unspecified atom stereocenters. The van der Waals surface area contributed by atoms with Crippen LogP contribution in [-0.4, -0.2) is 10.7 Å². The number of nitrogens with one attached hydrogen (secondary N) is 1. The number of hydrogen-bond donors (Lipinski definition) is 1. The van der Waals surface area contributed by atoms with Crippen molar-refractivity contribution in [1.82, 2.24) is 0 Å². The molecule has 0 aliphatic rings. The molecule has 0 heterocycles. The van der Waals surface area contributed by atoms with Gasteiger partial charge in [0.25, 0.3) is 5.69 Å². The third-order valence-corrected chi connectivity index (χ3v) is 4.41. The molecule has 8 heteroatoms. The lowest BCUT2D eigenvalue weighted by molar-refractivity contribution is -0.384. The average Bonchev–Trinajstić information content (AvgIpc) is 2.64. The Morgan fingerprint density at radius 2 is 1.79 bits per heavy atom. The minimum Gasteiger partial charge on any atom is -0.353 e. The molecule has 0 saturated heterocycles. The minimum absolute atomic E-state index is 0.0473. The first-order valence-corrected chi connectivity index (χ1v) is 8.45. The second-order valence-corrected chi connectivity index (χ2v) is 6.44. The van der Waals surface area contributed by atoms with Crippen LogP contribution in [0.25, 0.3) is 0 Å². The fraction of sp³-hybridized carbons (Fsp3) is 0.0500. The second kappa shape index (κ2) is 7.74. The number of nitro groups is 1. The molecule has 3 aromatic rings. The number of anilines is 2. The highest BCUT2D eigenvalue weighted by Gasteiger charge is 2.19. The fourth-order valence-corrected chi connectivity index (χ4v) is 2.90. The van der Waals surface area contributed by atoms with E-state index in [1.54, 1.807) is 6.92 Å². The van der Waals surface area contributed by atoms with Gasteiger partial charge in [-0.15, -0.1) is 0 Å². The van der Waals surface area contributed by atoms with E-state index in [0.717, 1.165) is 12.1 Å². The van der Waals surface area contributed by atoms with Crippen molar-refractivity contribution in [2.75, 3.05) is 5.32 Å². The molecule has 0 spiro atoms. The highest BCUT2D eigenvalue weighted by molar-refractivity contribution is 6.35. The number of aryl methyl sites for hydroxylation is 1. The Bertz CT molecular complexity index is 1100. The third kappa shape index (κ3) is 3.99. The molecule has 0 atom stereocenters. The van der Waals surface area contributed by atoms with Crippen LogP contribution in [-0.2, 0) is 0 Å². The molecule has 3 aromatic carbocycles. The molecular formula is C20H13ClF2N2O3. The Balaban J connectivity index is 1.91. The van der Waals surface area contributed by atoms with Gasteiger partial charge in [-0.05, 0) is 42.8 Å². The number of nitro benzene ring substituents is 1. The first-order chi connectivity index (χ1) is 13.3. The molecule has 5 nitrogen and oxygen atoms in total. The van der Waals surface area contributed by atoms with Crippen LogP contribution in [0.15, 0.2) is 54.6 Å². The van der Waals surface area contributed by atoms with Gasteiger partial charge in [-0.3, -0.25) is 14.9 Å². The zero-order chi connectivity index (χ0) is 20.4. The van der Waals surface area contributed by atoms with E-state index in [1.165, 1.54) is 42.5 Å². The predicted octanol–water partition coefficient (Wildman–Crippen LogP) is 5.81. The number of non-ortho nitro benzene ring substituents is 1. The zero-order valence-electron chi connectivity index (χ0n) is 14.5. The van der Waals surface area contributed by atoms with Crippen molar-refractivity contribution in [2.24, 2.45) is 0 Å². The number of hydrogen-bond acceptors (Lipinski definition) is 4. The maximum Gasteiger partial charge on any atom is 0.270 e. The van der Waals surface area contributed by atoms with E-state index >= 15 is 0 Å². The van der Waals surface area contributed by atoms with Gasteiger partial charge in [0.05, 0.1) is 15.6 Å². The quantitative estimate of drug-likeness (QED) is 0.332. The fourth-order valence-electron chi connectivity index (χ4n) is 2.64. The SMILES string of the molecule is Cc1ccc([N+](=O)[O-])cc1C(=O)c1ccc(Nc2ccc(F)cc2F)cc1Cl. The summed E-state index contributed by atoms with van der Waals surface area (Å²) in [7, 11) is 0. The van der Waals surface area contributed by atoms with E-state index < -0.39 is 22.3 Å². The monoisotopic (exact) mass is 402 g/mol. The Morgan fingerprint density at radius 3 is 2.43 bits per heavy atom. The molecule has 3 rings (SSSR count). The van der Waals surface area contributed by atoms with Crippen molar-refractivity contribution in [3.8, 4) is 0 Å². The Morgan fingerprint density at radius 1 is 1.04 bits per heavy atom. The number of carbonyl (C=O) groups is 1. The van der Waals surface area contributed by atoms with E-state index in [4.69, 9.17) is 11.6 Å². The first kappa shape index (κ1) is 19.4. The Hall–Kier alpha value is -3.32. The molecule has 0 aliphatic heterocycles. The van der Waals surface area contributed by atoms with Crippen LogP contribution < -0.4 is 5.32 Å². The van der Waals surface area contributed by atoms with E-state index in [2.05, 4.69) is 5.32 Å². The number of ketones is 1. The summed E-state index contributed by atoms with van der Waals surface area (Å²) in [6, 6.07) is 11.5. The maximum atomic E-state index is 13.8. The van der Waals surface area contributed by atoms with Gasteiger partial charge < -0.3 is 5.32 Å². The van der Waals surface area contributed by atoms with Gasteiger partial charge in [-0.1, -0.05) is 17.7 Å². The highest BCUT2D eigenvalue weighted by atomic mass is 35.5. The Kier molecular flexibility index (Phi) is 5.37. The normalized spacial score (nSPS) is 10.6. The number of nitrogens with zero attached hydrogens (tertiary/aromatic N) is 1. The van der Waals surface area contributed by atoms with Gasteiger partial charge in [-0.25, -0.2) is 8.78 Å². The number of carbonyl (C=O) groups excluding carboxylic acids is 1. The standard InChI is InChI=1S/C20H13ClF2N2O3/c1-11-2-5-14(25(27)28)10-16(11)20(26)15-6-4-13(9-17(15)21)24-19-7-3-12(22)8-18(19)23/h2-10,24H,1H3. The summed E-state index contributed by atoms with van der Waals surface area (Å²) in [6.07, 6.45) is 0. The van der Waals surface area contributed by atoms with Crippen molar-refractivity contribution in [1.29, 1.82) is 0 Å². The summed E-state index contributed by atoms with van der Waals surface area (Å²) in [5.74, 6) is -1.94. The van der Waals surface area contributed by atoms with Crippen LogP contribution in [0, 0.1) is 28.7 Å². The van der Waals surface area contributed by atoms with E-state index in [0.29, 0.717) is 11.3 Å². The van der Waals surface area contributed by atoms with Gasteiger partial charge in [0.1, 0.15) is 11.6 Å². The summed E-state index contributed by atoms with van der Waals surface area (Å²) >= 11 is 6.21. The molecule has 28 heavy (non-hydrogen) atoms. The van der Waals surface area contributed by atoms with Crippen LogP contribution in [0.2, 0.25) is 5.02 Å². The zero-order valence-corrected chi connectivity index (χ0v) is 15.3. The van der Waals surface area contributed by atoms with E-state index in [1.807, 2.05) is 0 Å². The molecule has 0 saturated carbocycles. The molecule has 0 amide bonds.